The fourth-order valence-corrected chi connectivity index (χ4v) is 3.14. The first-order valence-corrected chi connectivity index (χ1v) is 9.68. The number of morpholine rings is 1. The minimum Gasteiger partial charge on any atom is -0.378 e. The number of hydrogen-bond acceptors (Lipinski definition) is 5. The van der Waals surface area contributed by atoms with Crippen molar-refractivity contribution in [3.8, 4) is 0 Å². The smallest absolute Gasteiger partial charge is 0.238 e. The van der Waals surface area contributed by atoms with E-state index in [1.807, 2.05) is 12.1 Å². The highest BCUT2D eigenvalue weighted by molar-refractivity contribution is 5.94. The molecule has 1 heterocycles. The van der Waals surface area contributed by atoms with Gasteiger partial charge in [-0.1, -0.05) is 0 Å². The standard InChI is InChI=1S/C21H23F3N4O3/c1-27(13-19(30)26-17-7-6-16(22)20(23)21(17)24)12-18(29)25-14-2-4-15(5-3-14)28-8-10-31-11-9-28/h2-7H,8-13H2,1H3,(H,25,29)(H,26,30). The molecule has 0 bridgehead atoms. The van der Waals surface area contributed by atoms with E-state index in [-0.39, 0.29) is 19.0 Å². The van der Waals surface area contributed by atoms with Gasteiger partial charge in [-0.2, -0.15) is 0 Å². The lowest BCUT2D eigenvalue weighted by Crippen LogP contribution is -2.36. The number of hydrogen-bond donors (Lipinski definition) is 2. The largest absolute Gasteiger partial charge is 0.378 e. The van der Waals surface area contributed by atoms with E-state index < -0.39 is 29.0 Å². The van der Waals surface area contributed by atoms with Gasteiger partial charge in [0.1, 0.15) is 0 Å². The maximum Gasteiger partial charge on any atom is 0.238 e. The van der Waals surface area contributed by atoms with Gasteiger partial charge in [-0.15, -0.1) is 0 Å². The zero-order valence-corrected chi connectivity index (χ0v) is 17.0. The second-order valence-electron chi connectivity index (χ2n) is 7.14. The number of nitrogens with zero attached hydrogens (tertiary/aromatic N) is 2. The maximum atomic E-state index is 13.6. The number of halogens is 3. The topological polar surface area (TPSA) is 73.9 Å². The highest BCUT2D eigenvalue weighted by Gasteiger charge is 2.17. The quantitative estimate of drug-likeness (QED) is 0.653. The van der Waals surface area contributed by atoms with Gasteiger partial charge in [-0.25, -0.2) is 13.2 Å². The molecule has 166 valence electrons. The predicted octanol–water partition coefficient (Wildman–Crippen LogP) is 2.45. The van der Waals surface area contributed by atoms with Gasteiger partial charge in [-0.05, 0) is 43.4 Å². The molecule has 0 atom stereocenters. The van der Waals surface area contributed by atoms with E-state index in [0.29, 0.717) is 18.9 Å². The summed E-state index contributed by atoms with van der Waals surface area (Å²) in [5, 5.41) is 4.90. The van der Waals surface area contributed by atoms with Gasteiger partial charge in [0.05, 0.1) is 32.0 Å². The summed E-state index contributed by atoms with van der Waals surface area (Å²) >= 11 is 0. The lowest BCUT2D eigenvalue weighted by atomic mass is 10.2. The van der Waals surface area contributed by atoms with Crippen LogP contribution in [-0.2, 0) is 14.3 Å². The summed E-state index contributed by atoms with van der Waals surface area (Å²) < 4.78 is 45.2. The van der Waals surface area contributed by atoms with E-state index in [0.717, 1.165) is 30.9 Å². The third kappa shape index (κ3) is 6.19. The number of anilines is 3. The van der Waals surface area contributed by atoms with Crippen molar-refractivity contribution in [1.82, 2.24) is 4.90 Å². The predicted molar refractivity (Wildman–Crippen MR) is 111 cm³/mol. The summed E-state index contributed by atoms with van der Waals surface area (Å²) in [4.78, 5) is 27.8. The van der Waals surface area contributed by atoms with Gasteiger partial charge in [0.15, 0.2) is 17.5 Å². The van der Waals surface area contributed by atoms with Gasteiger partial charge in [0.2, 0.25) is 11.8 Å². The van der Waals surface area contributed by atoms with Crippen molar-refractivity contribution in [3.63, 3.8) is 0 Å². The Balaban J connectivity index is 1.46. The molecule has 1 aliphatic heterocycles. The van der Waals surface area contributed by atoms with Gasteiger partial charge in [0.25, 0.3) is 0 Å². The first-order chi connectivity index (χ1) is 14.8. The highest BCUT2D eigenvalue weighted by atomic mass is 19.2. The number of rotatable bonds is 7. The van der Waals surface area contributed by atoms with Gasteiger partial charge >= 0.3 is 0 Å². The molecule has 0 unspecified atom stereocenters. The molecule has 0 aliphatic carbocycles. The Hall–Kier alpha value is -3.11. The third-order valence-corrected chi connectivity index (χ3v) is 4.66. The first kappa shape index (κ1) is 22.6. The molecular weight excluding hydrogens is 413 g/mol. The Kier molecular flexibility index (Phi) is 7.48. The van der Waals surface area contributed by atoms with Crippen LogP contribution in [0.3, 0.4) is 0 Å². The van der Waals surface area contributed by atoms with E-state index in [1.54, 1.807) is 12.1 Å². The van der Waals surface area contributed by atoms with Crippen molar-refractivity contribution >= 4 is 28.9 Å². The van der Waals surface area contributed by atoms with Gasteiger partial charge < -0.3 is 20.3 Å². The molecule has 2 amide bonds. The molecule has 2 N–H and O–H groups in total. The number of carbonyl (C=O) groups is 2. The molecule has 7 nitrogen and oxygen atoms in total. The number of likely N-dealkylation sites (N-methyl/N-ethyl adjacent to an activating group) is 1. The van der Waals surface area contributed by atoms with Crippen molar-refractivity contribution in [2.75, 3.05) is 62.0 Å². The Morgan fingerprint density at radius 2 is 1.55 bits per heavy atom. The molecule has 0 saturated carbocycles. The molecule has 1 aliphatic rings. The van der Waals surface area contributed by atoms with E-state index in [2.05, 4.69) is 15.5 Å². The Morgan fingerprint density at radius 1 is 0.935 bits per heavy atom. The number of carbonyl (C=O) groups excluding carboxylic acids is 2. The van der Waals surface area contributed by atoms with Crippen molar-refractivity contribution in [2.24, 2.45) is 0 Å². The van der Waals surface area contributed by atoms with Crippen LogP contribution in [0.15, 0.2) is 36.4 Å². The fraction of sp³-hybridized carbons (Fsp3) is 0.333. The Labute approximate surface area is 177 Å². The van der Waals surface area contributed by atoms with Crippen LogP contribution in [0.4, 0.5) is 30.2 Å². The first-order valence-electron chi connectivity index (χ1n) is 9.68. The summed E-state index contributed by atoms with van der Waals surface area (Å²) in [6, 6.07) is 9.06. The zero-order chi connectivity index (χ0) is 22.4. The van der Waals surface area contributed by atoms with Crippen LogP contribution in [0.5, 0.6) is 0 Å². The third-order valence-electron chi connectivity index (χ3n) is 4.66. The lowest BCUT2D eigenvalue weighted by molar-refractivity contribution is -0.119. The van der Waals surface area contributed by atoms with Crippen LogP contribution in [0.2, 0.25) is 0 Å². The second-order valence-corrected chi connectivity index (χ2v) is 7.14. The summed E-state index contributed by atoms with van der Waals surface area (Å²) in [7, 11) is 1.53. The molecule has 1 fully saturated rings. The molecule has 2 aromatic rings. The van der Waals surface area contributed by atoms with Crippen LogP contribution >= 0.6 is 0 Å². The maximum absolute atomic E-state index is 13.6. The molecular formula is C21H23F3N4O3. The van der Waals surface area contributed by atoms with Crippen molar-refractivity contribution in [2.45, 2.75) is 0 Å². The molecule has 1 saturated heterocycles. The van der Waals surface area contributed by atoms with Crippen molar-refractivity contribution in [1.29, 1.82) is 0 Å². The minimum atomic E-state index is -1.66. The van der Waals surface area contributed by atoms with E-state index in [4.69, 9.17) is 4.74 Å². The molecule has 0 radical (unpaired) electrons. The fourth-order valence-electron chi connectivity index (χ4n) is 3.14. The molecule has 0 spiro atoms. The normalized spacial score (nSPS) is 13.9. The molecule has 10 heteroatoms. The van der Waals surface area contributed by atoms with Crippen molar-refractivity contribution < 1.29 is 27.5 Å². The van der Waals surface area contributed by atoms with Gasteiger partial charge in [-0.3, -0.25) is 14.5 Å². The molecule has 0 aromatic heterocycles. The summed E-state index contributed by atoms with van der Waals surface area (Å²) in [5.74, 6) is -5.50. The Morgan fingerprint density at radius 3 is 2.19 bits per heavy atom. The lowest BCUT2D eigenvalue weighted by Gasteiger charge is -2.28. The number of benzene rings is 2. The van der Waals surface area contributed by atoms with Crippen LogP contribution < -0.4 is 15.5 Å². The van der Waals surface area contributed by atoms with Crippen LogP contribution in [0.1, 0.15) is 0 Å². The highest BCUT2D eigenvalue weighted by Crippen LogP contribution is 2.20. The molecule has 2 aromatic carbocycles. The SMILES string of the molecule is CN(CC(=O)Nc1ccc(N2CCOCC2)cc1)CC(=O)Nc1ccc(F)c(F)c1F. The zero-order valence-electron chi connectivity index (χ0n) is 17.0. The average Bonchev–Trinajstić information content (AvgIpc) is 2.75. The summed E-state index contributed by atoms with van der Waals surface area (Å²) in [6.07, 6.45) is 0. The monoisotopic (exact) mass is 436 g/mol. The summed E-state index contributed by atoms with van der Waals surface area (Å²) in [5.41, 5.74) is 1.19. The Bertz CT molecular complexity index is 934. The minimum absolute atomic E-state index is 0.0983. The van der Waals surface area contributed by atoms with E-state index in [1.165, 1.54) is 11.9 Å². The average molecular weight is 436 g/mol. The second kappa shape index (κ2) is 10.3. The molecule has 3 rings (SSSR count). The number of amides is 2. The van der Waals surface area contributed by atoms with Gasteiger partial charge in [0, 0.05) is 24.5 Å². The number of nitrogens with one attached hydrogen (secondary N) is 2. The van der Waals surface area contributed by atoms with Crippen LogP contribution in [0, 0.1) is 17.5 Å². The molecule has 31 heavy (non-hydrogen) atoms. The van der Waals surface area contributed by atoms with E-state index >= 15 is 0 Å². The number of ether oxygens (including phenoxy) is 1. The van der Waals surface area contributed by atoms with Crippen LogP contribution in [-0.4, -0.2) is 63.2 Å². The van der Waals surface area contributed by atoms with Crippen molar-refractivity contribution in [3.05, 3.63) is 53.8 Å². The summed E-state index contributed by atoms with van der Waals surface area (Å²) in [6.45, 7) is 2.64. The van der Waals surface area contributed by atoms with E-state index in [9.17, 15) is 22.8 Å². The van der Waals surface area contributed by atoms with Crippen LogP contribution in [0.25, 0.3) is 0 Å².